The van der Waals surface area contributed by atoms with Crippen LogP contribution >= 0.6 is 12.2 Å². The molecule has 2 atom stereocenters. The molecular weight excluding hydrogens is 435 g/mol. The maximum Gasteiger partial charge on any atom is 0.170 e. The average molecular weight is 459 g/mol. The van der Waals surface area contributed by atoms with Gasteiger partial charge in [0, 0.05) is 30.3 Å². The maximum absolute atomic E-state index is 13.6. The van der Waals surface area contributed by atoms with Crippen LogP contribution in [-0.4, -0.2) is 26.7 Å². The SMILES string of the molecule is COc1ccc(CN2C(=S)N[C@H](c3ccccn3)[C@H]2c2cccn2-c2ccc(F)cc2)cc1. The summed E-state index contributed by atoms with van der Waals surface area (Å²) in [5.41, 5.74) is 3.96. The van der Waals surface area contributed by atoms with Crippen molar-refractivity contribution in [2.24, 2.45) is 0 Å². The van der Waals surface area contributed by atoms with E-state index in [1.807, 2.05) is 54.7 Å². The highest BCUT2D eigenvalue weighted by Crippen LogP contribution is 2.40. The van der Waals surface area contributed by atoms with Crippen molar-refractivity contribution in [3.05, 3.63) is 114 Å². The van der Waals surface area contributed by atoms with Crippen molar-refractivity contribution < 1.29 is 9.13 Å². The molecule has 2 aromatic heterocycles. The number of ether oxygens (including phenoxy) is 1. The first-order valence-corrected chi connectivity index (χ1v) is 11.1. The zero-order chi connectivity index (χ0) is 22.8. The van der Waals surface area contributed by atoms with Crippen LogP contribution in [0.5, 0.6) is 5.75 Å². The van der Waals surface area contributed by atoms with E-state index in [0.717, 1.165) is 28.4 Å². The topological polar surface area (TPSA) is 42.3 Å². The molecule has 0 radical (unpaired) electrons. The molecule has 0 bridgehead atoms. The monoisotopic (exact) mass is 458 g/mol. The third kappa shape index (κ3) is 4.19. The molecule has 1 fully saturated rings. The fourth-order valence-corrected chi connectivity index (χ4v) is 4.60. The molecule has 5 nitrogen and oxygen atoms in total. The number of rotatable bonds is 6. The maximum atomic E-state index is 13.6. The summed E-state index contributed by atoms with van der Waals surface area (Å²) in [6.07, 6.45) is 3.78. The lowest BCUT2D eigenvalue weighted by atomic mass is 10.0. The number of methoxy groups -OCH3 is 1. The highest BCUT2D eigenvalue weighted by atomic mass is 32.1. The first-order valence-electron chi connectivity index (χ1n) is 10.7. The standard InChI is InChI=1S/C26H23FN4OS/c1-32-21-13-7-18(8-14-21)17-31-25(24(29-26(31)33)22-5-2-3-15-28-22)23-6-4-16-30(23)20-11-9-19(27)10-12-20/h2-16,24-25H,17H2,1H3,(H,29,33)/t24-,25-/m1/s1. The van der Waals surface area contributed by atoms with Gasteiger partial charge in [-0.2, -0.15) is 0 Å². The Morgan fingerprint density at radius 2 is 1.79 bits per heavy atom. The largest absolute Gasteiger partial charge is 0.497 e. The Kier molecular flexibility index (Phi) is 5.79. The summed E-state index contributed by atoms with van der Waals surface area (Å²) >= 11 is 5.80. The molecule has 1 N–H and O–H groups in total. The predicted molar refractivity (Wildman–Crippen MR) is 130 cm³/mol. The molecule has 1 saturated heterocycles. The summed E-state index contributed by atoms with van der Waals surface area (Å²) < 4.78 is 20.9. The second-order valence-electron chi connectivity index (χ2n) is 7.88. The van der Waals surface area contributed by atoms with E-state index in [-0.39, 0.29) is 17.9 Å². The molecule has 166 valence electrons. The van der Waals surface area contributed by atoms with Gasteiger partial charge in [-0.15, -0.1) is 0 Å². The Bertz CT molecular complexity index is 1240. The third-order valence-corrected chi connectivity index (χ3v) is 6.25. The van der Waals surface area contributed by atoms with Crippen molar-refractivity contribution in [2.75, 3.05) is 7.11 Å². The van der Waals surface area contributed by atoms with Crippen molar-refractivity contribution in [3.63, 3.8) is 0 Å². The number of nitrogens with zero attached hydrogens (tertiary/aromatic N) is 3. The van der Waals surface area contributed by atoms with Crippen LogP contribution in [0.3, 0.4) is 0 Å². The number of pyridine rings is 1. The van der Waals surface area contributed by atoms with Crippen molar-refractivity contribution in [3.8, 4) is 11.4 Å². The van der Waals surface area contributed by atoms with Crippen molar-refractivity contribution in [2.45, 2.75) is 18.6 Å². The molecule has 7 heteroatoms. The molecule has 0 aliphatic carbocycles. The first kappa shape index (κ1) is 21.2. The van der Waals surface area contributed by atoms with Crippen LogP contribution in [-0.2, 0) is 6.54 Å². The zero-order valence-electron chi connectivity index (χ0n) is 18.1. The van der Waals surface area contributed by atoms with Gasteiger partial charge >= 0.3 is 0 Å². The van der Waals surface area contributed by atoms with Gasteiger partial charge in [0.1, 0.15) is 11.6 Å². The molecule has 1 aliphatic heterocycles. The van der Waals surface area contributed by atoms with Crippen LogP contribution in [0.4, 0.5) is 4.39 Å². The molecule has 4 aromatic rings. The first-order chi connectivity index (χ1) is 16.1. The number of halogens is 1. The van der Waals surface area contributed by atoms with Gasteiger partial charge in [-0.3, -0.25) is 4.98 Å². The summed E-state index contributed by atoms with van der Waals surface area (Å²) in [6.45, 7) is 0.623. The molecule has 3 heterocycles. The highest BCUT2D eigenvalue weighted by Gasteiger charge is 2.41. The number of hydrogen-bond acceptors (Lipinski definition) is 3. The van der Waals surface area contributed by atoms with E-state index >= 15 is 0 Å². The van der Waals surface area contributed by atoms with Crippen LogP contribution < -0.4 is 10.1 Å². The van der Waals surface area contributed by atoms with E-state index in [2.05, 4.69) is 25.8 Å². The van der Waals surface area contributed by atoms with Crippen molar-refractivity contribution in [1.82, 2.24) is 19.8 Å². The van der Waals surface area contributed by atoms with Crippen LogP contribution in [0.1, 0.15) is 29.0 Å². The molecule has 0 spiro atoms. The molecule has 2 aromatic carbocycles. The average Bonchev–Trinajstić information content (AvgIpc) is 3.45. The highest BCUT2D eigenvalue weighted by molar-refractivity contribution is 7.80. The summed E-state index contributed by atoms with van der Waals surface area (Å²) in [5.74, 6) is 0.553. The summed E-state index contributed by atoms with van der Waals surface area (Å²) in [4.78, 5) is 6.80. The molecule has 0 saturated carbocycles. The minimum absolute atomic E-state index is 0.116. The minimum atomic E-state index is -0.260. The number of hydrogen-bond donors (Lipinski definition) is 1. The lowest BCUT2D eigenvalue weighted by Crippen LogP contribution is -2.30. The number of nitrogens with one attached hydrogen (secondary N) is 1. The second kappa shape index (κ2) is 9.03. The van der Waals surface area contributed by atoms with Gasteiger partial charge in [-0.05, 0) is 78.4 Å². The van der Waals surface area contributed by atoms with Crippen molar-refractivity contribution in [1.29, 1.82) is 0 Å². The van der Waals surface area contributed by atoms with E-state index in [9.17, 15) is 4.39 Å². The Morgan fingerprint density at radius 3 is 2.48 bits per heavy atom. The van der Waals surface area contributed by atoms with Gasteiger partial charge in [0.05, 0.1) is 24.9 Å². The fourth-order valence-electron chi connectivity index (χ4n) is 4.30. The van der Waals surface area contributed by atoms with E-state index in [1.54, 1.807) is 25.4 Å². The molecule has 0 amide bonds. The minimum Gasteiger partial charge on any atom is -0.497 e. The predicted octanol–water partition coefficient (Wildman–Crippen LogP) is 5.19. The van der Waals surface area contributed by atoms with Gasteiger partial charge < -0.3 is 19.5 Å². The molecule has 33 heavy (non-hydrogen) atoms. The third-order valence-electron chi connectivity index (χ3n) is 5.90. The summed E-state index contributed by atoms with van der Waals surface area (Å²) in [6, 6.07) is 24.2. The van der Waals surface area contributed by atoms with Crippen molar-refractivity contribution >= 4 is 17.3 Å². The van der Waals surface area contributed by atoms with E-state index in [1.165, 1.54) is 12.1 Å². The molecule has 5 rings (SSSR count). The molecule has 1 aliphatic rings. The smallest absolute Gasteiger partial charge is 0.170 e. The van der Waals surface area contributed by atoms with E-state index in [4.69, 9.17) is 17.0 Å². The number of thiocarbonyl (C=S) groups is 1. The quantitative estimate of drug-likeness (QED) is 0.403. The summed E-state index contributed by atoms with van der Waals surface area (Å²) in [5, 5.41) is 4.15. The van der Waals surface area contributed by atoms with Gasteiger partial charge in [0.2, 0.25) is 0 Å². The second-order valence-corrected chi connectivity index (χ2v) is 8.27. The Hall–Kier alpha value is -3.71. The van der Waals surface area contributed by atoms with Gasteiger partial charge in [-0.25, -0.2) is 4.39 Å². The zero-order valence-corrected chi connectivity index (χ0v) is 18.9. The number of benzene rings is 2. The van der Waals surface area contributed by atoms with Gasteiger partial charge in [0.25, 0.3) is 0 Å². The van der Waals surface area contributed by atoms with Crippen LogP contribution in [0.25, 0.3) is 5.69 Å². The molecule has 0 unspecified atom stereocenters. The lowest BCUT2D eigenvalue weighted by Gasteiger charge is -2.29. The number of aromatic nitrogens is 2. The Labute approximate surface area is 197 Å². The van der Waals surface area contributed by atoms with E-state index < -0.39 is 0 Å². The van der Waals surface area contributed by atoms with Crippen LogP contribution in [0.15, 0.2) is 91.3 Å². The molecular formula is C26H23FN4OS. The van der Waals surface area contributed by atoms with E-state index in [0.29, 0.717) is 11.7 Å². The normalized spacial score (nSPS) is 17.8. The van der Waals surface area contributed by atoms with Crippen LogP contribution in [0.2, 0.25) is 0 Å². The van der Waals surface area contributed by atoms with Gasteiger partial charge in [0.15, 0.2) is 5.11 Å². The Morgan fingerprint density at radius 1 is 1.00 bits per heavy atom. The Balaban J connectivity index is 1.57. The van der Waals surface area contributed by atoms with Crippen LogP contribution in [0, 0.1) is 5.82 Å². The summed E-state index contributed by atoms with van der Waals surface area (Å²) in [7, 11) is 1.66. The lowest BCUT2D eigenvalue weighted by molar-refractivity contribution is 0.302. The van der Waals surface area contributed by atoms with Gasteiger partial charge in [-0.1, -0.05) is 18.2 Å². The fraction of sp³-hybridized carbons (Fsp3) is 0.154.